The minimum absolute atomic E-state index is 0.185. The lowest BCUT2D eigenvalue weighted by Crippen LogP contribution is -2.36. The number of aromatic nitrogens is 2. The Hall–Kier alpha value is -1.36. The van der Waals surface area contributed by atoms with E-state index < -0.39 is 5.60 Å². The van der Waals surface area contributed by atoms with Gasteiger partial charge in [0.05, 0.1) is 11.9 Å². The molecule has 1 saturated carbocycles. The first-order valence-corrected chi connectivity index (χ1v) is 6.19. The Labute approximate surface area is 100 Å². The van der Waals surface area contributed by atoms with Gasteiger partial charge in [0.1, 0.15) is 5.82 Å². The van der Waals surface area contributed by atoms with Crippen LogP contribution in [-0.2, 0) is 0 Å². The monoisotopic (exact) mass is 237 g/mol. The van der Waals surface area contributed by atoms with Crippen molar-refractivity contribution in [2.24, 2.45) is 0 Å². The molecular formula is C12H19N3O2. The molecule has 1 fully saturated rings. The molecule has 1 aliphatic carbocycles. The highest BCUT2D eigenvalue weighted by Gasteiger charge is 2.27. The number of H-pyrrole nitrogens is 1. The zero-order chi connectivity index (χ0) is 12.1. The van der Waals surface area contributed by atoms with E-state index in [2.05, 4.69) is 15.3 Å². The summed E-state index contributed by atoms with van der Waals surface area (Å²) in [5, 5.41) is 13.4. The molecule has 2 rings (SSSR count). The second-order valence-electron chi connectivity index (χ2n) is 4.79. The first kappa shape index (κ1) is 12.1. The van der Waals surface area contributed by atoms with Gasteiger partial charge >= 0.3 is 0 Å². The number of aromatic amines is 1. The number of anilines is 1. The third-order valence-corrected chi connectivity index (χ3v) is 3.31. The molecule has 0 spiro atoms. The van der Waals surface area contributed by atoms with E-state index in [4.69, 9.17) is 0 Å². The van der Waals surface area contributed by atoms with Crippen LogP contribution in [0.5, 0.6) is 0 Å². The van der Waals surface area contributed by atoms with Gasteiger partial charge in [-0.3, -0.25) is 4.79 Å². The molecule has 0 radical (unpaired) electrons. The van der Waals surface area contributed by atoms with Gasteiger partial charge in [-0.25, -0.2) is 4.98 Å². The van der Waals surface area contributed by atoms with Gasteiger partial charge in [-0.2, -0.15) is 0 Å². The average Bonchev–Trinajstić information content (AvgIpc) is 2.53. The molecule has 1 heterocycles. The maximum absolute atomic E-state index is 11.1. The van der Waals surface area contributed by atoms with E-state index in [0.29, 0.717) is 12.4 Å². The first-order chi connectivity index (χ1) is 8.18. The fourth-order valence-electron chi connectivity index (χ4n) is 2.28. The fraction of sp³-hybridized carbons (Fsp3) is 0.667. The third kappa shape index (κ3) is 3.56. The number of nitrogens with zero attached hydrogens (tertiary/aromatic N) is 1. The molecule has 5 heteroatoms. The lowest BCUT2D eigenvalue weighted by molar-refractivity contribution is 0.0380. The van der Waals surface area contributed by atoms with E-state index >= 15 is 0 Å². The molecule has 0 saturated heterocycles. The van der Waals surface area contributed by atoms with Crippen LogP contribution in [0.4, 0.5) is 5.82 Å². The molecule has 0 atom stereocenters. The molecule has 17 heavy (non-hydrogen) atoms. The van der Waals surface area contributed by atoms with Gasteiger partial charge < -0.3 is 15.4 Å². The Morgan fingerprint density at radius 3 is 2.71 bits per heavy atom. The lowest BCUT2D eigenvalue weighted by atomic mass is 9.94. The van der Waals surface area contributed by atoms with Crippen LogP contribution in [0.15, 0.2) is 17.2 Å². The molecule has 0 unspecified atom stereocenters. The van der Waals surface area contributed by atoms with E-state index in [1.165, 1.54) is 25.2 Å². The van der Waals surface area contributed by atoms with Crippen molar-refractivity contribution in [1.29, 1.82) is 0 Å². The zero-order valence-corrected chi connectivity index (χ0v) is 9.91. The Bertz CT molecular complexity index is 408. The molecular weight excluding hydrogens is 218 g/mol. The van der Waals surface area contributed by atoms with Crippen LogP contribution in [0.25, 0.3) is 0 Å². The smallest absolute Gasteiger partial charge is 0.252 e. The topological polar surface area (TPSA) is 78.0 Å². The summed E-state index contributed by atoms with van der Waals surface area (Å²) in [6.45, 7) is 0.462. The van der Waals surface area contributed by atoms with Crippen molar-refractivity contribution >= 4 is 5.82 Å². The van der Waals surface area contributed by atoms with Crippen LogP contribution in [0.2, 0.25) is 0 Å². The Morgan fingerprint density at radius 1 is 1.35 bits per heavy atom. The minimum Gasteiger partial charge on any atom is -0.388 e. The van der Waals surface area contributed by atoms with E-state index in [0.717, 1.165) is 25.7 Å². The second kappa shape index (κ2) is 5.31. The highest BCUT2D eigenvalue weighted by Crippen LogP contribution is 2.26. The van der Waals surface area contributed by atoms with Crippen molar-refractivity contribution in [2.45, 2.75) is 44.1 Å². The van der Waals surface area contributed by atoms with Crippen LogP contribution in [0, 0.1) is 0 Å². The SMILES string of the molecule is O=c1cc(NCC2(O)CCCCCC2)nc[nH]1. The highest BCUT2D eigenvalue weighted by atomic mass is 16.3. The molecule has 1 aromatic heterocycles. The quantitative estimate of drug-likeness (QED) is 0.692. The second-order valence-corrected chi connectivity index (χ2v) is 4.79. The van der Waals surface area contributed by atoms with Crippen molar-refractivity contribution in [1.82, 2.24) is 9.97 Å². The van der Waals surface area contributed by atoms with Crippen molar-refractivity contribution < 1.29 is 5.11 Å². The normalized spacial score (nSPS) is 19.6. The van der Waals surface area contributed by atoms with Gasteiger partial charge in [0.25, 0.3) is 5.56 Å². The lowest BCUT2D eigenvalue weighted by Gasteiger charge is -2.26. The van der Waals surface area contributed by atoms with Gasteiger partial charge in [-0.05, 0) is 12.8 Å². The summed E-state index contributed by atoms with van der Waals surface area (Å²) in [7, 11) is 0. The first-order valence-electron chi connectivity index (χ1n) is 6.19. The van der Waals surface area contributed by atoms with Crippen molar-refractivity contribution in [3.05, 3.63) is 22.7 Å². The predicted molar refractivity (Wildman–Crippen MR) is 66.0 cm³/mol. The van der Waals surface area contributed by atoms with Crippen LogP contribution < -0.4 is 10.9 Å². The summed E-state index contributed by atoms with van der Waals surface area (Å²) in [6, 6.07) is 1.40. The van der Waals surface area contributed by atoms with Crippen molar-refractivity contribution in [3.63, 3.8) is 0 Å². The number of hydrogen-bond acceptors (Lipinski definition) is 4. The molecule has 1 aliphatic rings. The van der Waals surface area contributed by atoms with E-state index in [-0.39, 0.29) is 5.56 Å². The summed E-state index contributed by atoms with van der Waals surface area (Å²) in [5.41, 5.74) is -0.837. The van der Waals surface area contributed by atoms with Crippen molar-refractivity contribution in [3.8, 4) is 0 Å². The summed E-state index contributed by atoms with van der Waals surface area (Å²) in [5.74, 6) is 0.520. The summed E-state index contributed by atoms with van der Waals surface area (Å²) < 4.78 is 0. The van der Waals surface area contributed by atoms with Gasteiger partial charge in [0.2, 0.25) is 0 Å². The molecule has 94 valence electrons. The van der Waals surface area contributed by atoms with Gasteiger partial charge in [0.15, 0.2) is 0 Å². The van der Waals surface area contributed by atoms with Crippen LogP contribution in [0.3, 0.4) is 0 Å². The van der Waals surface area contributed by atoms with Gasteiger partial charge in [-0.1, -0.05) is 25.7 Å². The van der Waals surface area contributed by atoms with E-state index in [1.54, 1.807) is 0 Å². The Kier molecular flexibility index (Phi) is 3.78. The zero-order valence-electron chi connectivity index (χ0n) is 9.91. The molecule has 3 N–H and O–H groups in total. The summed E-state index contributed by atoms with van der Waals surface area (Å²) in [4.78, 5) is 17.5. The summed E-state index contributed by atoms with van der Waals surface area (Å²) >= 11 is 0. The number of aliphatic hydroxyl groups is 1. The summed E-state index contributed by atoms with van der Waals surface area (Å²) in [6.07, 6.45) is 7.55. The average molecular weight is 237 g/mol. The molecule has 0 aliphatic heterocycles. The van der Waals surface area contributed by atoms with Crippen molar-refractivity contribution in [2.75, 3.05) is 11.9 Å². The molecule has 5 nitrogen and oxygen atoms in total. The van der Waals surface area contributed by atoms with Gasteiger partial charge in [-0.15, -0.1) is 0 Å². The Morgan fingerprint density at radius 2 is 2.06 bits per heavy atom. The molecule has 1 aromatic rings. The van der Waals surface area contributed by atoms with E-state index in [9.17, 15) is 9.90 Å². The molecule has 0 amide bonds. The number of hydrogen-bond donors (Lipinski definition) is 3. The molecule has 0 bridgehead atoms. The van der Waals surface area contributed by atoms with E-state index in [1.807, 2.05) is 0 Å². The highest BCUT2D eigenvalue weighted by molar-refractivity contribution is 5.32. The number of nitrogens with one attached hydrogen (secondary N) is 2. The van der Waals surface area contributed by atoms with Crippen LogP contribution in [0.1, 0.15) is 38.5 Å². The standard InChI is InChI=1S/C12H19N3O2/c16-11-7-10(14-9-15-11)13-8-12(17)5-3-1-2-4-6-12/h7,9,17H,1-6,8H2,(H2,13,14,15,16). The van der Waals surface area contributed by atoms with Crippen LogP contribution in [-0.4, -0.2) is 27.2 Å². The van der Waals surface area contributed by atoms with Gasteiger partial charge in [0, 0.05) is 12.6 Å². The maximum Gasteiger partial charge on any atom is 0.252 e. The molecule has 0 aromatic carbocycles. The minimum atomic E-state index is -0.652. The predicted octanol–water partition coefficient (Wildman–Crippen LogP) is 1.27. The largest absolute Gasteiger partial charge is 0.388 e. The van der Waals surface area contributed by atoms with Crippen LogP contribution >= 0.6 is 0 Å². The maximum atomic E-state index is 11.1. The number of rotatable bonds is 3. The third-order valence-electron chi connectivity index (χ3n) is 3.31. The fourth-order valence-corrected chi connectivity index (χ4v) is 2.28. The Balaban J connectivity index is 1.94.